The number of carbonyl (C=O) groups is 1. The van der Waals surface area contributed by atoms with Crippen LogP contribution in [0.4, 0.5) is 24.5 Å². The van der Waals surface area contributed by atoms with Gasteiger partial charge in [0.2, 0.25) is 5.91 Å². The van der Waals surface area contributed by atoms with Crippen molar-refractivity contribution in [3.8, 4) is 5.75 Å². The molecule has 3 rings (SSSR count). The molecule has 1 aliphatic heterocycles. The molecule has 0 bridgehead atoms. The summed E-state index contributed by atoms with van der Waals surface area (Å²) < 4.78 is 40.4. The molecule has 2 aromatic rings. The van der Waals surface area contributed by atoms with E-state index in [2.05, 4.69) is 4.74 Å². The van der Waals surface area contributed by atoms with Gasteiger partial charge in [0.05, 0.1) is 0 Å². The zero-order chi connectivity index (χ0) is 18.7. The number of aryl methyl sites for hydroxylation is 1. The number of halogens is 4. The molecule has 0 saturated carbocycles. The van der Waals surface area contributed by atoms with E-state index >= 15 is 0 Å². The number of anilines is 2. The number of hydrogen-bond acceptors (Lipinski definition) is 3. The van der Waals surface area contributed by atoms with Crippen LogP contribution in [-0.2, 0) is 17.6 Å². The second kappa shape index (κ2) is 8.52. The second-order valence-corrected chi connectivity index (χ2v) is 6.19. The SMILES string of the molecule is Cl.Nc1cccc2c1CCCN2C(=O)CCc1ccc(OC(F)(F)F)cc1. The maximum Gasteiger partial charge on any atom is 0.573 e. The highest BCUT2D eigenvalue weighted by molar-refractivity contribution is 5.95. The van der Waals surface area contributed by atoms with Gasteiger partial charge in [-0.15, -0.1) is 25.6 Å². The molecule has 0 spiro atoms. The van der Waals surface area contributed by atoms with Crippen molar-refractivity contribution in [3.05, 3.63) is 53.6 Å². The van der Waals surface area contributed by atoms with Crippen molar-refractivity contribution in [1.82, 2.24) is 0 Å². The molecule has 1 heterocycles. The van der Waals surface area contributed by atoms with Gasteiger partial charge in [-0.1, -0.05) is 18.2 Å². The van der Waals surface area contributed by atoms with E-state index in [1.807, 2.05) is 18.2 Å². The zero-order valence-corrected chi connectivity index (χ0v) is 15.3. The lowest BCUT2D eigenvalue weighted by Gasteiger charge is -2.30. The fraction of sp³-hybridized carbons (Fsp3) is 0.316. The zero-order valence-electron chi connectivity index (χ0n) is 14.5. The van der Waals surface area contributed by atoms with Crippen LogP contribution >= 0.6 is 12.4 Å². The monoisotopic (exact) mass is 400 g/mol. The fourth-order valence-corrected chi connectivity index (χ4v) is 3.15. The number of nitrogens with two attached hydrogens (primary N) is 1. The Morgan fingerprint density at radius 2 is 1.85 bits per heavy atom. The molecule has 1 amide bonds. The van der Waals surface area contributed by atoms with Crippen LogP contribution < -0.4 is 15.4 Å². The van der Waals surface area contributed by atoms with Crippen molar-refractivity contribution >= 4 is 29.7 Å². The maximum atomic E-state index is 12.6. The summed E-state index contributed by atoms with van der Waals surface area (Å²) in [6, 6.07) is 11.1. The summed E-state index contributed by atoms with van der Waals surface area (Å²) in [6.07, 6.45) is -2.28. The highest BCUT2D eigenvalue weighted by Gasteiger charge is 2.31. The largest absolute Gasteiger partial charge is 0.573 e. The molecular weight excluding hydrogens is 381 g/mol. The minimum Gasteiger partial charge on any atom is -0.406 e. The third kappa shape index (κ3) is 5.29. The lowest BCUT2D eigenvalue weighted by molar-refractivity contribution is -0.274. The molecule has 146 valence electrons. The standard InChI is InChI=1S/C19H19F3N2O2.ClH/c20-19(21,22)26-14-9-6-13(7-10-14)8-11-18(25)24-12-2-3-15-16(23)4-1-5-17(15)24;/h1,4-7,9-10H,2-3,8,11-12,23H2;1H. The Morgan fingerprint density at radius 1 is 1.15 bits per heavy atom. The average Bonchev–Trinajstić information content (AvgIpc) is 2.59. The van der Waals surface area contributed by atoms with Gasteiger partial charge in [0.15, 0.2) is 0 Å². The van der Waals surface area contributed by atoms with Crippen LogP contribution in [-0.4, -0.2) is 18.8 Å². The lowest BCUT2D eigenvalue weighted by atomic mass is 9.99. The molecule has 0 fully saturated rings. The van der Waals surface area contributed by atoms with Gasteiger partial charge in [-0.05, 0) is 54.7 Å². The van der Waals surface area contributed by atoms with E-state index in [0.29, 0.717) is 18.7 Å². The van der Waals surface area contributed by atoms with Crippen molar-refractivity contribution in [1.29, 1.82) is 0 Å². The quantitative estimate of drug-likeness (QED) is 0.769. The molecule has 2 aromatic carbocycles. The summed E-state index contributed by atoms with van der Waals surface area (Å²) in [6.45, 7) is 0.646. The molecule has 4 nitrogen and oxygen atoms in total. The third-order valence-corrected chi connectivity index (χ3v) is 4.37. The lowest BCUT2D eigenvalue weighted by Crippen LogP contribution is -2.35. The van der Waals surface area contributed by atoms with Gasteiger partial charge in [0.25, 0.3) is 0 Å². The van der Waals surface area contributed by atoms with Crippen molar-refractivity contribution < 1.29 is 22.7 Å². The van der Waals surface area contributed by atoms with Crippen LogP contribution in [0.15, 0.2) is 42.5 Å². The third-order valence-electron chi connectivity index (χ3n) is 4.37. The van der Waals surface area contributed by atoms with Crippen LogP contribution in [0.1, 0.15) is 24.0 Å². The highest BCUT2D eigenvalue weighted by atomic mass is 35.5. The minimum atomic E-state index is -4.71. The molecule has 0 atom stereocenters. The summed E-state index contributed by atoms with van der Waals surface area (Å²) in [5, 5.41) is 0. The smallest absolute Gasteiger partial charge is 0.406 e. The summed E-state index contributed by atoms with van der Waals surface area (Å²) in [4.78, 5) is 14.4. The molecule has 0 aliphatic carbocycles. The number of nitrogen functional groups attached to an aromatic ring is 1. The molecule has 0 radical (unpaired) electrons. The number of nitrogens with zero attached hydrogens (tertiary/aromatic N) is 1. The van der Waals surface area contributed by atoms with Crippen LogP contribution in [0, 0.1) is 0 Å². The van der Waals surface area contributed by atoms with Gasteiger partial charge in [0.1, 0.15) is 5.75 Å². The summed E-state index contributed by atoms with van der Waals surface area (Å²) >= 11 is 0. The van der Waals surface area contributed by atoms with Gasteiger partial charge >= 0.3 is 6.36 Å². The van der Waals surface area contributed by atoms with Crippen molar-refractivity contribution in [2.24, 2.45) is 0 Å². The average molecular weight is 401 g/mol. The molecule has 8 heteroatoms. The number of ether oxygens (including phenoxy) is 1. The number of alkyl halides is 3. The molecule has 1 aliphatic rings. The van der Waals surface area contributed by atoms with Crippen molar-refractivity contribution in [2.45, 2.75) is 32.0 Å². The first kappa shape index (κ1) is 20.9. The van der Waals surface area contributed by atoms with Gasteiger partial charge in [0, 0.05) is 24.3 Å². The summed E-state index contributed by atoms with van der Waals surface area (Å²) in [5.74, 6) is -0.292. The first-order valence-corrected chi connectivity index (χ1v) is 8.36. The number of carbonyl (C=O) groups excluding carboxylic acids is 1. The summed E-state index contributed by atoms with van der Waals surface area (Å²) in [5.41, 5.74) is 9.32. The summed E-state index contributed by atoms with van der Waals surface area (Å²) in [7, 11) is 0. The Hall–Kier alpha value is -2.41. The van der Waals surface area contributed by atoms with Crippen molar-refractivity contribution in [3.63, 3.8) is 0 Å². The predicted molar refractivity (Wildman–Crippen MR) is 100 cm³/mol. The Morgan fingerprint density at radius 3 is 2.52 bits per heavy atom. The normalized spacial score (nSPS) is 13.5. The number of hydrogen-bond donors (Lipinski definition) is 1. The molecule has 0 aromatic heterocycles. The number of fused-ring (bicyclic) bond motifs is 1. The Kier molecular flexibility index (Phi) is 6.59. The van der Waals surface area contributed by atoms with E-state index in [1.54, 1.807) is 4.90 Å². The predicted octanol–water partition coefficient (Wildman–Crippen LogP) is 4.50. The fourth-order valence-electron chi connectivity index (χ4n) is 3.15. The van der Waals surface area contributed by atoms with Gasteiger partial charge in [-0.25, -0.2) is 0 Å². The molecule has 2 N–H and O–H groups in total. The van der Waals surface area contributed by atoms with Crippen LogP contribution in [0.2, 0.25) is 0 Å². The highest BCUT2D eigenvalue weighted by Crippen LogP contribution is 2.32. The van der Waals surface area contributed by atoms with Gasteiger partial charge < -0.3 is 15.4 Å². The molecule has 27 heavy (non-hydrogen) atoms. The number of rotatable bonds is 4. The van der Waals surface area contributed by atoms with Gasteiger partial charge in [-0.3, -0.25) is 4.79 Å². The van der Waals surface area contributed by atoms with Crippen LogP contribution in [0.25, 0.3) is 0 Å². The number of benzene rings is 2. The first-order chi connectivity index (χ1) is 12.3. The van der Waals surface area contributed by atoms with Gasteiger partial charge in [-0.2, -0.15) is 0 Å². The second-order valence-electron chi connectivity index (χ2n) is 6.19. The van der Waals surface area contributed by atoms with E-state index < -0.39 is 6.36 Å². The van der Waals surface area contributed by atoms with E-state index in [1.165, 1.54) is 24.3 Å². The number of amides is 1. The minimum absolute atomic E-state index is 0. The Labute approximate surface area is 161 Å². The van der Waals surface area contributed by atoms with Crippen molar-refractivity contribution in [2.75, 3.05) is 17.2 Å². The molecule has 0 unspecified atom stereocenters. The first-order valence-electron chi connectivity index (χ1n) is 8.36. The Bertz CT molecular complexity index is 795. The molecule has 0 saturated heterocycles. The van der Waals surface area contributed by atoms with Crippen LogP contribution in [0.5, 0.6) is 5.75 Å². The van der Waals surface area contributed by atoms with E-state index in [4.69, 9.17) is 5.73 Å². The van der Waals surface area contributed by atoms with E-state index in [9.17, 15) is 18.0 Å². The van der Waals surface area contributed by atoms with E-state index in [-0.39, 0.29) is 30.5 Å². The maximum absolute atomic E-state index is 12.6. The Balaban J connectivity index is 0.00000261. The van der Waals surface area contributed by atoms with Crippen LogP contribution in [0.3, 0.4) is 0 Å². The molecular formula is C19H20ClF3N2O2. The van der Waals surface area contributed by atoms with E-state index in [0.717, 1.165) is 29.7 Å². The topological polar surface area (TPSA) is 55.6 Å².